The van der Waals surface area contributed by atoms with Crippen LogP contribution in [0.5, 0.6) is 0 Å². The molecule has 1 aliphatic carbocycles. The molecule has 1 saturated carbocycles. The number of hydrogen-bond acceptors (Lipinski definition) is 5. The van der Waals surface area contributed by atoms with Crippen molar-refractivity contribution >= 4 is 39.3 Å². The van der Waals surface area contributed by atoms with Gasteiger partial charge in [0.2, 0.25) is 0 Å². The summed E-state index contributed by atoms with van der Waals surface area (Å²) in [6, 6.07) is 2.00. The summed E-state index contributed by atoms with van der Waals surface area (Å²) >= 11 is 3.17. The van der Waals surface area contributed by atoms with Crippen molar-refractivity contribution in [2.75, 3.05) is 5.75 Å². The zero-order valence-corrected chi connectivity index (χ0v) is 11.3. The largest absolute Gasteiger partial charge is 0.481 e. The minimum atomic E-state index is -0.706. The van der Waals surface area contributed by atoms with E-state index in [1.54, 1.807) is 23.1 Å². The molecule has 3 rings (SSSR count). The molecule has 0 radical (unpaired) electrons. The summed E-state index contributed by atoms with van der Waals surface area (Å²) in [6.45, 7) is 0. The molecule has 0 aromatic carbocycles. The van der Waals surface area contributed by atoms with Crippen molar-refractivity contribution in [2.24, 2.45) is 5.41 Å². The first-order valence-electron chi connectivity index (χ1n) is 5.72. The van der Waals surface area contributed by atoms with Gasteiger partial charge in [0.25, 0.3) is 0 Å². The standard InChI is InChI=1S/C12H12N2O2S2/c15-9(16)5-12(2-3-12)7-18-11-13-6-8-1-4-17-10(8)14-11/h1,4,6H,2-3,5,7H2,(H,15,16). The Morgan fingerprint density at radius 1 is 1.56 bits per heavy atom. The number of aliphatic carboxylic acids is 1. The van der Waals surface area contributed by atoms with Gasteiger partial charge in [0, 0.05) is 17.3 Å². The lowest BCUT2D eigenvalue weighted by Crippen LogP contribution is -2.11. The Balaban J connectivity index is 1.67. The van der Waals surface area contributed by atoms with Crippen LogP contribution in [0.1, 0.15) is 19.3 Å². The lowest BCUT2D eigenvalue weighted by molar-refractivity contribution is -0.138. The van der Waals surface area contributed by atoms with E-state index in [0.717, 1.165) is 34.0 Å². The molecule has 2 aromatic rings. The van der Waals surface area contributed by atoms with Crippen LogP contribution in [0.2, 0.25) is 0 Å². The topological polar surface area (TPSA) is 63.1 Å². The van der Waals surface area contributed by atoms with E-state index < -0.39 is 5.97 Å². The number of hydrogen-bond donors (Lipinski definition) is 1. The second-order valence-corrected chi connectivity index (χ2v) is 6.53. The van der Waals surface area contributed by atoms with Crippen LogP contribution in [0.15, 0.2) is 22.8 Å². The van der Waals surface area contributed by atoms with Gasteiger partial charge >= 0.3 is 5.97 Å². The number of carbonyl (C=O) groups is 1. The monoisotopic (exact) mass is 280 g/mol. The Morgan fingerprint density at radius 2 is 2.39 bits per heavy atom. The SMILES string of the molecule is O=C(O)CC1(CSc2ncc3ccsc3n2)CC1. The van der Waals surface area contributed by atoms with Crippen LogP contribution in [0.25, 0.3) is 10.2 Å². The number of rotatable bonds is 5. The van der Waals surface area contributed by atoms with Gasteiger partial charge in [-0.3, -0.25) is 4.79 Å². The Hall–Kier alpha value is -1.14. The second kappa shape index (κ2) is 4.51. The first-order valence-corrected chi connectivity index (χ1v) is 7.58. The molecule has 1 aliphatic rings. The maximum absolute atomic E-state index is 10.8. The van der Waals surface area contributed by atoms with Crippen molar-refractivity contribution in [3.8, 4) is 0 Å². The predicted molar refractivity (Wildman–Crippen MR) is 72.1 cm³/mol. The van der Waals surface area contributed by atoms with Gasteiger partial charge in [-0.1, -0.05) is 11.8 Å². The highest BCUT2D eigenvalue weighted by Crippen LogP contribution is 2.51. The second-order valence-electron chi connectivity index (χ2n) is 4.69. The summed E-state index contributed by atoms with van der Waals surface area (Å²) < 4.78 is 0. The van der Waals surface area contributed by atoms with E-state index in [9.17, 15) is 4.79 Å². The minimum absolute atomic E-state index is 0.00966. The number of aromatic nitrogens is 2. The van der Waals surface area contributed by atoms with Crippen LogP contribution in [-0.2, 0) is 4.79 Å². The average Bonchev–Trinajstić information content (AvgIpc) is 2.92. The van der Waals surface area contributed by atoms with E-state index in [4.69, 9.17) is 5.11 Å². The van der Waals surface area contributed by atoms with Crippen LogP contribution in [0, 0.1) is 5.41 Å². The van der Waals surface area contributed by atoms with E-state index in [2.05, 4.69) is 9.97 Å². The number of carboxylic acid groups (broad SMARTS) is 1. The van der Waals surface area contributed by atoms with Crippen LogP contribution in [0.4, 0.5) is 0 Å². The van der Waals surface area contributed by atoms with Gasteiger partial charge < -0.3 is 5.11 Å². The lowest BCUT2D eigenvalue weighted by atomic mass is 10.1. The molecule has 1 fully saturated rings. The molecule has 1 N–H and O–H groups in total. The Kier molecular flexibility index (Phi) is 2.99. The van der Waals surface area contributed by atoms with Gasteiger partial charge in [-0.2, -0.15) is 0 Å². The van der Waals surface area contributed by atoms with E-state index in [0.29, 0.717) is 0 Å². The zero-order valence-electron chi connectivity index (χ0n) is 9.63. The quantitative estimate of drug-likeness (QED) is 0.673. The summed E-state index contributed by atoms with van der Waals surface area (Å²) in [6.07, 6.45) is 4.11. The Labute approximate surface area is 112 Å². The first kappa shape index (κ1) is 11.9. The van der Waals surface area contributed by atoms with Crippen LogP contribution in [0.3, 0.4) is 0 Å². The number of thioether (sulfide) groups is 1. The lowest BCUT2D eigenvalue weighted by Gasteiger charge is -2.10. The Morgan fingerprint density at radius 3 is 3.11 bits per heavy atom. The third-order valence-corrected chi connectivity index (χ3v) is 5.21. The smallest absolute Gasteiger partial charge is 0.303 e. The highest BCUT2D eigenvalue weighted by atomic mass is 32.2. The molecule has 0 unspecified atom stereocenters. The van der Waals surface area contributed by atoms with Crippen molar-refractivity contribution in [3.05, 3.63) is 17.6 Å². The minimum Gasteiger partial charge on any atom is -0.481 e. The van der Waals surface area contributed by atoms with Crippen molar-refractivity contribution in [2.45, 2.75) is 24.4 Å². The number of fused-ring (bicyclic) bond motifs is 1. The fourth-order valence-corrected chi connectivity index (χ4v) is 3.80. The molecule has 0 aliphatic heterocycles. The van der Waals surface area contributed by atoms with Crippen LogP contribution in [-0.4, -0.2) is 26.8 Å². The molecule has 18 heavy (non-hydrogen) atoms. The van der Waals surface area contributed by atoms with Crippen LogP contribution < -0.4 is 0 Å². The highest BCUT2D eigenvalue weighted by molar-refractivity contribution is 7.99. The zero-order chi connectivity index (χ0) is 12.6. The van der Waals surface area contributed by atoms with Crippen molar-refractivity contribution in [1.82, 2.24) is 9.97 Å². The van der Waals surface area contributed by atoms with Crippen LogP contribution >= 0.6 is 23.1 Å². The molecule has 0 amide bonds. The summed E-state index contributed by atoms with van der Waals surface area (Å²) in [5, 5.41) is 12.7. The van der Waals surface area contributed by atoms with Gasteiger partial charge in [-0.15, -0.1) is 11.3 Å². The van der Waals surface area contributed by atoms with Crippen molar-refractivity contribution in [1.29, 1.82) is 0 Å². The molecular weight excluding hydrogens is 268 g/mol. The highest BCUT2D eigenvalue weighted by Gasteiger charge is 2.44. The maximum atomic E-state index is 10.8. The normalized spacial score (nSPS) is 16.9. The fraction of sp³-hybridized carbons (Fsp3) is 0.417. The maximum Gasteiger partial charge on any atom is 0.303 e. The first-order chi connectivity index (χ1) is 8.67. The van der Waals surface area contributed by atoms with Gasteiger partial charge in [-0.25, -0.2) is 9.97 Å². The molecular formula is C12H12N2O2S2. The summed E-state index contributed by atoms with van der Waals surface area (Å²) in [5.41, 5.74) is -0.00966. The number of carboxylic acids is 1. The van der Waals surface area contributed by atoms with E-state index in [1.165, 1.54) is 0 Å². The van der Waals surface area contributed by atoms with Gasteiger partial charge in [0.15, 0.2) is 5.16 Å². The predicted octanol–water partition coefficient (Wildman–Crippen LogP) is 3.04. The molecule has 0 bridgehead atoms. The summed E-state index contributed by atoms with van der Waals surface area (Å²) in [4.78, 5) is 20.5. The molecule has 0 atom stereocenters. The van der Waals surface area contributed by atoms with Gasteiger partial charge in [0.1, 0.15) is 4.83 Å². The van der Waals surface area contributed by atoms with Gasteiger partial charge in [-0.05, 0) is 29.7 Å². The molecule has 0 spiro atoms. The molecule has 2 aromatic heterocycles. The molecule has 94 valence electrons. The van der Waals surface area contributed by atoms with Gasteiger partial charge in [0.05, 0.1) is 6.42 Å². The third kappa shape index (κ3) is 2.49. The number of nitrogens with zero attached hydrogens (tertiary/aromatic N) is 2. The third-order valence-electron chi connectivity index (χ3n) is 3.18. The van der Waals surface area contributed by atoms with Crippen molar-refractivity contribution in [3.63, 3.8) is 0 Å². The molecule has 0 saturated heterocycles. The van der Waals surface area contributed by atoms with E-state index in [-0.39, 0.29) is 11.8 Å². The summed E-state index contributed by atoms with van der Waals surface area (Å²) in [7, 11) is 0. The molecule has 4 nitrogen and oxygen atoms in total. The fourth-order valence-electron chi connectivity index (χ4n) is 1.90. The average molecular weight is 280 g/mol. The summed E-state index contributed by atoms with van der Waals surface area (Å²) in [5.74, 6) is 0.0960. The molecule has 2 heterocycles. The van der Waals surface area contributed by atoms with E-state index in [1.807, 2.05) is 17.6 Å². The molecule has 6 heteroatoms. The Bertz CT molecular complexity index is 593. The van der Waals surface area contributed by atoms with E-state index >= 15 is 0 Å². The van der Waals surface area contributed by atoms with Crippen molar-refractivity contribution < 1.29 is 9.90 Å². The number of thiophene rings is 1.